The van der Waals surface area contributed by atoms with Gasteiger partial charge in [0.2, 0.25) is 0 Å². The first-order valence-electron chi connectivity index (χ1n) is 5.49. The van der Waals surface area contributed by atoms with Gasteiger partial charge in [-0.3, -0.25) is 10.4 Å². The van der Waals surface area contributed by atoms with Crippen molar-refractivity contribution < 1.29 is 0 Å². The molecule has 5 heteroatoms. The summed E-state index contributed by atoms with van der Waals surface area (Å²) in [5, 5.41) is 10.8. The Bertz CT molecular complexity index is 257. The number of guanidine groups is 1. The van der Waals surface area contributed by atoms with E-state index in [0.29, 0.717) is 5.96 Å². The highest BCUT2D eigenvalue weighted by atomic mass is 15.3. The van der Waals surface area contributed by atoms with Crippen LogP contribution in [0.15, 0.2) is 4.99 Å². The van der Waals surface area contributed by atoms with E-state index in [9.17, 15) is 0 Å². The van der Waals surface area contributed by atoms with Crippen molar-refractivity contribution in [2.75, 3.05) is 28.2 Å². The van der Waals surface area contributed by atoms with E-state index in [0.717, 1.165) is 5.84 Å². The van der Waals surface area contributed by atoms with Gasteiger partial charge in [-0.1, -0.05) is 0 Å². The second-order valence-electron chi connectivity index (χ2n) is 4.49. The summed E-state index contributed by atoms with van der Waals surface area (Å²) in [5.74, 6) is 1.41. The van der Waals surface area contributed by atoms with Crippen LogP contribution in [0.25, 0.3) is 0 Å². The quantitative estimate of drug-likeness (QED) is 0.554. The lowest BCUT2D eigenvalue weighted by Crippen LogP contribution is -2.45. The first kappa shape index (κ1) is 14.7. The molecule has 0 aliphatic heterocycles. The normalized spacial score (nSPS) is 15.3. The molecule has 0 aromatic heterocycles. The van der Waals surface area contributed by atoms with Crippen LogP contribution in [-0.2, 0) is 0 Å². The molecule has 0 aliphatic carbocycles. The van der Waals surface area contributed by atoms with Crippen LogP contribution in [0, 0.1) is 5.41 Å². The highest BCUT2D eigenvalue weighted by Crippen LogP contribution is 2.00. The number of rotatable bonds is 3. The zero-order valence-electron chi connectivity index (χ0n) is 11.5. The van der Waals surface area contributed by atoms with Crippen molar-refractivity contribution in [2.24, 2.45) is 4.99 Å². The van der Waals surface area contributed by atoms with Crippen molar-refractivity contribution in [1.82, 2.24) is 15.1 Å². The largest absolute Gasteiger partial charge is 0.367 e. The molecule has 0 aromatic rings. The standard InChI is InChI=1S/C11H25N5/c1-8(13-10(3)15(4)5)9(2)14-11(12)16(6)7/h8-9H,1-7H3,(H2,12,14). The minimum Gasteiger partial charge on any atom is -0.367 e. The molecule has 0 aromatic carbocycles. The molecule has 0 spiro atoms. The van der Waals surface area contributed by atoms with Crippen molar-refractivity contribution in [1.29, 1.82) is 5.41 Å². The van der Waals surface area contributed by atoms with Crippen LogP contribution in [-0.4, -0.2) is 61.9 Å². The molecule has 0 heterocycles. The Morgan fingerprint density at radius 1 is 1.12 bits per heavy atom. The van der Waals surface area contributed by atoms with E-state index in [1.165, 1.54) is 0 Å². The predicted molar refractivity (Wildman–Crippen MR) is 70.3 cm³/mol. The first-order valence-corrected chi connectivity index (χ1v) is 5.49. The molecule has 16 heavy (non-hydrogen) atoms. The van der Waals surface area contributed by atoms with Crippen molar-refractivity contribution >= 4 is 11.8 Å². The van der Waals surface area contributed by atoms with E-state index in [4.69, 9.17) is 5.41 Å². The molecule has 0 fully saturated rings. The zero-order chi connectivity index (χ0) is 12.9. The highest BCUT2D eigenvalue weighted by molar-refractivity contribution is 5.79. The van der Waals surface area contributed by atoms with Gasteiger partial charge in [-0.15, -0.1) is 0 Å². The van der Waals surface area contributed by atoms with Crippen LogP contribution in [0.3, 0.4) is 0 Å². The third-order valence-corrected chi connectivity index (χ3v) is 2.57. The Kier molecular flexibility index (Phi) is 5.85. The summed E-state index contributed by atoms with van der Waals surface area (Å²) in [4.78, 5) is 8.28. The summed E-state index contributed by atoms with van der Waals surface area (Å²) in [6.07, 6.45) is 0. The number of aliphatic imine (C=N–C) groups is 1. The monoisotopic (exact) mass is 227 g/mol. The second kappa shape index (κ2) is 6.35. The Morgan fingerprint density at radius 2 is 1.62 bits per heavy atom. The first-order chi connectivity index (χ1) is 7.25. The van der Waals surface area contributed by atoms with Crippen LogP contribution in [0.5, 0.6) is 0 Å². The second-order valence-corrected chi connectivity index (χ2v) is 4.49. The van der Waals surface area contributed by atoms with Gasteiger partial charge in [-0.05, 0) is 20.8 Å². The Morgan fingerprint density at radius 3 is 2.00 bits per heavy atom. The van der Waals surface area contributed by atoms with E-state index in [1.807, 2.05) is 53.9 Å². The third kappa shape index (κ3) is 5.00. The number of hydrogen-bond acceptors (Lipinski definition) is 2. The molecular formula is C11H25N5. The lowest BCUT2D eigenvalue weighted by Gasteiger charge is -2.24. The molecule has 0 aliphatic rings. The molecule has 2 unspecified atom stereocenters. The number of nitrogens with zero attached hydrogens (tertiary/aromatic N) is 3. The summed E-state index contributed by atoms with van der Waals surface area (Å²) < 4.78 is 0. The smallest absolute Gasteiger partial charge is 0.190 e. The maximum absolute atomic E-state index is 7.69. The van der Waals surface area contributed by atoms with Gasteiger partial charge in [-0.25, -0.2) is 0 Å². The van der Waals surface area contributed by atoms with Crippen LogP contribution < -0.4 is 5.32 Å². The van der Waals surface area contributed by atoms with Crippen LogP contribution in [0.4, 0.5) is 0 Å². The SMILES string of the molecule is CC(=NC(C)C(C)NC(=N)N(C)C)N(C)C. The predicted octanol–water partition coefficient (Wildman–Crippen LogP) is 0.829. The molecule has 0 saturated heterocycles. The van der Waals surface area contributed by atoms with Gasteiger partial charge in [0.15, 0.2) is 5.96 Å². The molecule has 5 nitrogen and oxygen atoms in total. The molecule has 0 amide bonds. The van der Waals surface area contributed by atoms with Crippen molar-refractivity contribution in [3.8, 4) is 0 Å². The fourth-order valence-electron chi connectivity index (χ4n) is 0.987. The summed E-state index contributed by atoms with van der Waals surface area (Å²) in [7, 11) is 7.65. The van der Waals surface area contributed by atoms with Crippen LogP contribution >= 0.6 is 0 Å². The molecule has 94 valence electrons. The number of amidine groups is 1. The molecular weight excluding hydrogens is 202 g/mol. The van der Waals surface area contributed by atoms with E-state index in [2.05, 4.69) is 10.3 Å². The molecule has 0 radical (unpaired) electrons. The van der Waals surface area contributed by atoms with Crippen LogP contribution in [0.2, 0.25) is 0 Å². The molecule has 0 saturated carbocycles. The molecule has 2 N–H and O–H groups in total. The minimum atomic E-state index is 0.141. The summed E-state index contributed by atoms with van der Waals surface area (Å²) >= 11 is 0. The highest BCUT2D eigenvalue weighted by Gasteiger charge is 2.13. The van der Waals surface area contributed by atoms with E-state index in [1.54, 1.807) is 4.90 Å². The number of nitrogens with one attached hydrogen (secondary N) is 2. The summed E-state index contributed by atoms with van der Waals surface area (Å²) in [6.45, 7) is 6.07. The molecule has 0 rings (SSSR count). The van der Waals surface area contributed by atoms with Crippen molar-refractivity contribution in [3.63, 3.8) is 0 Å². The maximum atomic E-state index is 7.69. The van der Waals surface area contributed by atoms with E-state index in [-0.39, 0.29) is 12.1 Å². The zero-order valence-corrected chi connectivity index (χ0v) is 11.5. The minimum absolute atomic E-state index is 0.141. The van der Waals surface area contributed by atoms with Gasteiger partial charge in [0.25, 0.3) is 0 Å². The van der Waals surface area contributed by atoms with Gasteiger partial charge >= 0.3 is 0 Å². The number of hydrogen-bond donors (Lipinski definition) is 2. The average molecular weight is 227 g/mol. The fraction of sp³-hybridized carbons (Fsp3) is 0.818. The summed E-state index contributed by atoms with van der Waals surface area (Å²) in [5.41, 5.74) is 0. The summed E-state index contributed by atoms with van der Waals surface area (Å²) in [6, 6.07) is 0.285. The lowest BCUT2D eigenvalue weighted by atomic mass is 10.2. The Labute approximate surface area is 99.0 Å². The van der Waals surface area contributed by atoms with Crippen LogP contribution in [0.1, 0.15) is 20.8 Å². The van der Waals surface area contributed by atoms with Gasteiger partial charge < -0.3 is 15.1 Å². The average Bonchev–Trinajstić information content (AvgIpc) is 2.16. The lowest BCUT2D eigenvalue weighted by molar-refractivity contribution is 0.495. The van der Waals surface area contributed by atoms with Crippen molar-refractivity contribution in [3.05, 3.63) is 0 Å². The molecule has 0 bridgehead atoms. The Balaban J connectivity index is 4.34. The topological polar surface area (TPSA) is 54.7 Å². The van der Waals surface area contributed by atoms with Gasteiger partial charge in [0.05, 0.1) is 11.9 Å². The Hall–Kier alpha value is -1.26. The third-order valence-electron chi connectivity index (χ3n) is 2.57. The van der Waals surface area contributed by atoms with E-state index < -0.39 is 0 Å². The van der Waals surface area contributed by atoms with Crippen molar-refractivity contribution in [2.45, 2.75) is 32.9 Å². The fourth-order valence-corrected chi connectivity index (χ4v) is 0.987. The van der Waals surface area contributed by atoms with E-state index >= 15 is 0 Å². The maximum Gasteiger partial charge on any atom is 0.190 e. The molecule has 2 atom stereocenters. The van der Waals surface area contributed by atoms with Gasteiger partial charge in [0, 0.05) is 34.2 Å². The van der Waals surface area contributed by atoms with Gasteiger partial charge in [-0.2, -0.15) is 0 Å². The van der Waals surface area contributed by atoms with Gasteiger partial charge in [0.1, 0.15) is 0 Å².